The Hall–Kier alpha value is -1.71. The summed E-state index contributed by atoms with van der Waals surface area (Å²) >= 11 is 0. The number of rotatable bonds is 4. The van der Waals surface area contributed by atoms with Gasteiger partial charge in [0.05, 0.1) is 0 Å². The largest absolute Gasteiger partial charge is 0.490 e. The zero-order valence-corrected chi connectivity index (χ0v) is 13.6. The number of amides is 2. The molecule has 1 saturated carbocycles. The van der Waals surface area contributed by atoms with Crippen molar-refractivity contribution in [3.8, 4) is 5.75 Å². The lowest BCUT2D eigenvalue weighted by Gasteiger charge is -2.32. The molecule has 1 aromatic carbocycles. The standard InChI is InChI=1S/C18H26N2O2/c1-13-3-4-14(2)17(11-13)22-16-7-9-20(10-8-16)18(21)19-12-15-5-6-15/h3-4,11,15-16H,5-10,12H2,1-2H3,(H,19,21). The summed E-state index contributed by atoms with van der Waals surface area (Å²) in [7, 11) is 0. The molecule has 2 fully saturated rings. The smallest absolute Gasteiger partial charge is 0.317 e. The topological polar surface area (TPSA) is 41.6 Å². The van der Waals surface area contributed by atoms with Crippen LogP contribution in [0.15, 0.2) is 18.2 Å². The highest BCUT2D eigenvalue weighted by Gasteiger charge is 2.26. The molecule has 120 valence electrons. The molecule has 0 spiro atoms. The molecule has 1 aromatic rings. The Morgan fingerprint density at radius 1 is 1.23 bits per heavy atom. The molecule has 4 nitrogen and oxygen atoms in total. The average Bonchev–Trinajstić information content (AvgIpc) is 3.33. The fourth-order valence-corrected chi connectivity index (χ4v) is 2.86. The molecule has 0 radical (unpaired) electrons. The molecule has 2 aliphatic rings. The summed E-state index contributed by atoms with van der Waals surface area (Å²) in [6.45, 7) is 6.57. The SMILES string of the molecule is Cc1ccc(C)c(OC2CCN(C(=O)NCC3CC3)CC2)c1. The molecule has 1 saturated heterocycles. The lowest BCUT2D eigenvalue weighted by Crippen LogP contribution is -2.46. The Bertz CT molecular complexity index is 532. The van der Waals surface area contributed by atoms with Gasteiger partial charge in [0, 0.05) is 32.5 Å². The molecule has 2 amide bonds. The molecule has 1 aliphatic carbocycles. The number of hydrogen-bond donors (Lipinski definition) is 1. The van der Waals surface area contributed by atoms with Crippen LogP contribution in [0.1, 0.15) is 36.8 Å². The third-order valence-electron chi connectivity index (χ3n) is 4.61. The van der Waals surface area contributed by atoms with Gasteiger partial charge in [-0.2, -0.15) is 0 Å². The highest BCUT2D eigenvalue weighted by Crippen LogP contribution is 2.28. The van der Waals surface area contributed by atoms with Crippen molar-refractivity contribution in [2.75, 3.05) is 19.6 Å². The number of nitrogens with one attached hydrogen (secondary N) is 1. The van der Waals surface area contributed by atoms with Crippen LogP contribution in [0.4, 0.5) is 4.79 Å². The van der Waals surface area contributed by atoms with E-state index in [2.05, 4.69) is 37.4 Å². The number of carbonyl (C=O) groups excluding carboxylic acids is 1. The molecular formula is C18H26N2O2. The number of nitrogens with zero attached hydrogens (tertiary/aromatic N) is 1. The summed E-state index contributed by atoms with van der Waals surface area (Å²) < 4.78 is 6.14. The fraction of sp³-hybridized carbons (Fsp3) is 0.611. The van der Waals surface area contributed by atoms with Gasteiger partial charge >= 0.3 is 6.03 Å². The first-order chi connectivity index (χ1) is 10.6. The van der Waals surface area contributed by atoms with E-state index in [1.807, 2.05) is 4.90 Å². The van der Waals surface area contributed by atoms with Crippen LogP contribution in [0, 0.1) is 19.8 Å². The Labute approximate surface area is 132 Å². The maximum Gasteiger partial charge on any atom is 0.317 e. The lowest BCUT2D eigenvalue weighted by molar-refractivity contribution is 0.110. The van der Waals surface area contributed by atoms with E-state index < -0.39 is 0 Å². The van der Waals surface area contributed by atoms with Crippen LogP contribution in [0.3, 0.4) is 0 Å². The van der Waals surface area contributed by atoms with E-state index in [0.29, 0.717) is 0 Å². The van der Waals surface area contributed by atoms with Gasteiger partial charge in [-0.1, -0.05) is 12.1 Å². The van der Waals surface area contributed by atoms with E-state index in [0.717, 1.165) is 44.1 Å². The molecule has 1 heterocycles. The normalized spacial score (nSPS) is 19.1. The van der Waals surface area contributed by atoms with Gasteiger partial charge < -0.3 is 15.0 Å². The van der Waals surface area contributed by atoms with E-state index in [-0.39, 0.29) is 12.1 Å². The van der Waals surface area contributed by atoms with Gasteiger partial charge in [0.1, 0.15) is 11.9 Å². The summed E-state index contributed by atoms with van der Waals surface area (Å²) in [5.74, 6) is 1.71. The number of carbonyl (C=O) groups is 1. The van der Waals surface area contributed by atoms with Crippen LogP contribution in [0.5, 0.6) is 5.75 Å². The molecule has 0 unspecified atom stereocenters. The first kappa shape index (κ1) is 15.2. The van der Waals surface area contributed by atoms with E-state index >= 15 is 0 Å². The monoisotopic (exact) mass is 302 g/mol. The molecule has 22 heavy (non-hydrogen) atoms. The number of urea groups is 1. The molecule has 1 N–H and O–H groups in total. The summed E-state index contributed by atoms with van der Waals surface area (Å²) in [6, 6.07) is 6.40. The maximum absolute atomic E-state index is 12.1. The third-order valence-corrected chi connectivity index (χ3v) is 4.61. The summed E-state index contributed by atoms with van der Waals surface area (Å²) in [4.78, 5) is 14.0. The highest BCUT2D eigenvalue weighted by molar-refractivity contribution is 5.74. The van der Waals surface area contributed by atoms with Crippen molar-refractivity contribution in [1.82, 2.24) is 10.2 Å². The maximum atomic E-state index is 12.1. The van der Waals surface area contributed by atoms with Crippen molar-refractivity contribution in [2.45, 2.75) is 45.6 Å². The Morgan fingerprint density at radius 2 is 1.95 bits per heavy atom. The van der Waals surface area contributed by atoms with E-state index in [1.54, 1.807) is 0 Å². The fourth-order valence-electron chi connectivity index (χ4n) is 2.86. The predicted molar refractivity (Wildman–Crippen MR) is 87.3 cm³/mol. The zero-order chi connectivity index (χ0) is 15.5. The Balaban J connectivity index is 1.46. The molecule has 0 bridgehead atoms. The number of ether oxygens (including phenoxy) is 1. The predicted octanol–water partition coefficient (Wildman–Crippen LogP) is 3.27. The van der Waals surface area contributed by atoms with Gasteiger partial charge in [-0.15, -0.1) is 0 Å². The van der Waals surface area contributed by atoms with Crippen molar-refractivity contribution in [3.63, 3.8) is 0 Å². The van der Waals surface area contributed by atoms with Gasteiger partial charge in [-0.25, -0.2) is 4.79 Å². The minimum absolute atomic E-state index is 0.0945. The molecule has 1 aliphatic heterocycles. The number of aryl methyl sites for hydroxylation is 2. The van der Waals surface area contributed by atoms with Crippen molar-refractivity contribution in [3.05, 3.63) is 29.3 Å². The van der Waals surface area contributed by atoms with E-state index in [4.69, 9.17) is 4.74 Å². The molecule has 0 aromatic heterocycles. The second-order valence-electron chi connectivity index (χ2n) is 6.70. The quantitative estimate of drug-likeness (QED) is 0.927. The number of likely N-dealkylation sites (tertiary alicyclic amines) is 1. The number of hydrogen-bond acceptors (Lipinski definition) is 2. The average molecular weight is 302 g/mol. The van der Waals surface area contributed by atoms with Crippen LogP contribution in [0.2, 0.25) is 0 Å². The van der Waals surface area contributed by atoms with Crippen LogP contribution >= 0.6 is 0 Å². The molecule has 3 rings (SSSR count). The van der Waals surface area contributed by atoms with Crippen LogP contribution in [-0.4, -0.2) is 36.7 Å². The van der Waals surface area contributed by atoms with Crippen LogP contribution in [0.25, 0.3) is 0 Å². The van der Waals surface area contributed by atoms with Gasteiger partial charge in [-0.3, -0.25) is 0 Å². The lowest BCUT2D eigenvalue weighted by atomic mass is 10.1. The number of piperidine rings is 1. The van der Waals surface area contributed by atoms with Crippen molar-refractivity contribution < 1.29 is 9.53 Å². The zero-order valence-electron chi connectivity index (χ0n) is 13.6. The summed E-state index contributed by atoms with van der Waals surface area (Å²) in [5, 5.41) is 3.04. The van der Waals surface area contributed by atoms with Crippen molar-refractivity contribution in [2.24, 2.45) is 5.92 Å². The van der Waals surface area contributed by atoms with Crippen molar-refractivity contribution >= 4 is 6.03 Å². The van der Waals surface area contributed by atoms with Gasteiger partial charge in [0.2, 0.25) is 0 Å². The van der Waals surface area contributed by atoms with Gasteiger partial charge in [0.15, 0.2) is 0 Å². The highest BCUT2D eigenvalue weighted by atomic mass is 16.5. The first-order valence-electron chi connectivity index (χ1n) is 8.38. The van der Waals surface area contributed by atoms with Crippen LogP contribution in [-0.2, 0) is 0 Å². The Morgan fingerprint density at radius 3 is 2.64 bits per heavy atom. The third kappa shape index (κ3) is 3.93. The number of benzene rings is 1. The van der Waals surface area contributed by atoms with Crippen molar-refractivity contribution in [1.29, 1.82) is 0 Å². The van der Waals surface area contributed by atoms with Gasteiger partial charge in [0.25, 0.3) is 0 Å². The minimum Gasteiger partial charge on any atom is -0.490 e. The summed E-state index contributed by atoms with van der Waals surface area (Å²) in [5.41, 5.74) is 2.40. The minimum atomic E-state index is 0.0945. The first-order valence-corrected chi connectivity index (χ1v) is 8.38. The van der Waals surface area contributed by atoms with Crippen LogP contribution < -0.4 is 10.1 Å². The second kappa shape index (κ2) is 6.59. The second-order valence-corrected chi connectivity index (χ2v) is 6.70. The molecule has 4 heteroatoms. The molecular weight excluding hydrogens is 276 g/mol. The Kier molecular flexibility index (Phi) is 4.55. The van der Waals surface area contributed by atoms with E-state index in [9.17, 15) is 4.79 Å². The molecule has 0 atom stereocenters. The van der Waals surface area contributed by atoms with Gasteiger partial charge in [-0.05, 0) is 49.8 Å². The summed E-state index contributed by atoms with van der Waals surface area (Å²) in [6.07, 6.45) is 4.57. The van der Waals surface area contributed by atoms with E-state index in [1.165, 1.54) is 24.0 Å².